The van der Waals surface area contributed by atoms with Gasteiger partial charge in [-0.2, -0.15) is 0 Å². The fourth-order valence-electron chi connectivity index (χ4n) is 3.84. The molecule has 2 heteroatoms. The zero-order valence-corrected chi connectivity index (χ0v) is 13.0. The van der Waals surface area contributed by atoms with E-state index in [0.717, 1.165) is 29.7 Å². The van der Waals surface area contributed by atoms with Crippen molar-refractivity contribution < 1.29 is 9.53 Å². The summed E-state index contributed by atoms with van der Waals surface area (Å²) >= 11 is 0. The number of rotatable bonds is 3. The highest BCUT2D eigenvalue weighted by molar-refractivity contribution is 6.00. The van der Waals surface area contributed by atoms with Gasteiger partial charge < -0.3 is 4.74 Å². The van der Waals surface area contributed by atoms with Gasteiger partial charge >= 0.3 is 0 Å². The fraction of sp³-hybridized carbons (Fsp3) is 0.286. The van der Waals surface area contributed by atoms with E-state index in [2.05, 4.69) is 6.08 Å². The first-order valence-electron chi connectivity index (χ1n) is 8.36. The summed E-state index contributed by atoms with van der Waals surface area (Å²) in [6.45, 7) is 0. The minimum absolute atomic E-state index is 0.115. The summed E-state index contributed by atoms with van der Waals surface area (Å²) in [5.41, 5.74) is 1.81. The average Bonchev–Trinajstić information content (AvgIpc) is 3.10. The van der Waals surface area contributed by atoms with Crippen molar-refractivity contribution in [2.45, 2.75) is 25.4 Å². The smallest absolute Gasteiger partial charge is 0.203 e. The normalized spacial score (nSPS) is 26.1. The largest absolute Gasteiger partial charge is 0.482 e. The van der Waals surface area contributed by atoms with Gasteiger partial charge in [-0.25, -0.2) is 0 Å². The Labute approximate surface area is 136 Å². The van der Waals surface area contributed by atoms with Gasteiger partial charge in [0.2, 0.25) is 5.78 Å². The average molecular weight is 304 g/mol. The van der Waals surface area contributed by atoms with E-state index >= 15 is 0 Å². The molecule has 1 saturated carbocycles. The van der Waals surface area contributed by atoms with Gasteiger partial charge in [0.1, 0.15) is 5.76 Å². The van der Waals surface area contributed by atoms with Crippen LogP contribution in [-0.4, -0.2) is 11.9 Å². The summed E-state index contributed by atoms with van der Waals surface area (Å²) in [5.74, 6) is 1.75. The van der Waals surface area contributed by atoms with E-state index in [1.807, 2.05) is 60.7 Å². The molecule has 0 saturated heterocycles. The number of hydrogen-bond donors (Lipinski definition) is 0. The Morgan fingerprint density at radius 2 is 1.61 bits per heavy atom. The van der Waals surface area contributed by atoms with Gasteiger partial charge in [0, 0.05) is 17.0 Å². The number of Topliss-reactive ketones (excluding diaryl/α,β-unsaturated/α-hetero) is 1. The van der Waals surface area contributed by atoms with Gasteiger partial charge in [0.05, 0.1) is 0 Å². The van der Waals surface area contributed by atoms with Crippen LogP contribution in [0.2, 0.25) is 0 Å². The predicted octanol–water partition coefficient (Wildman–Crippen LogP) is 4.73. The van der Waals surface area contributed by atoms with Crippen LogP contribution < -0.4 is 0 Å². The Kier molecular flexibility index (Phi) is 3.74. The van der Waals surface area contributed by atoms with Crippen LogP contribution in [0.4, 0.5) is 0 Å². The molecule has 0 radical (unpaired) electrons. The lowest BCUT2D eigenvalue weighted by atomic mass is 9.83. The molecule has 116 valence electrons. The second-order valence-electron chi connectivity index (χ2n) is 6.42. The molecular weight excluding hydrogens is 284 g/mol. The van der Waals surface area contributed by atoms with Gasteiger partial charge in [-0.05, 0) is 24.8 Å². The topological polar surface area (TPSA) is 26.3 Å². The number of carbonyl (C=O) groups is 1. The Morgan fingerprint density at radius 3 is 2.35 bits per heavy atom. The van der Waals surface area contributed by atoms with E-state index in [-0.39, 0.29) is 11.9 Å². The lowest BCUT2D eigenvalue weighted by Gasteiger charge is -2.33. The fourth-order valence-corrected chi connectivity index (χ4v) is 3.84. The maximum Gasteiger partial charge on any atom is 0.203 e. The first-order chi connectivity index (χ1) is 11.3. The summed E-state index contributed by atoms with van der Waals surface area (Å²) in [6.07, 6.45) is 5.29. The first-order valence-corrected chi connectivity index (χ1v) is 8.36. The summed E-state index contributed by atoms with van der Waals surface area (Å²) in [7, 11) is 0. The third-order valence-electron chi connectivity index (χ3n) is 5.01. The second-order valence-corrected chi connectivity index (χ2v) is 6.42. The Bertz CT molecular complexity index is 718. The van der Waals surface area contributed by atoms with Gasteiger partial charge in [0.25, 0.3) is 0 Å². The molecule has 2 aromatic carbocycles. The molecule has 0 N–H and O–H groups in total. The molecule has 1 aliphatic heterocycles. The highest BCUT2D eigenvalue weighted by Gasteiger charge is 2.42. The molecule has 1 aliphatic carbocycles. The van der Waals surface area contributed by atoms with Crippen LogP contribution in [0.5, 0.6) is 0 Å². The maximum absolute atomic E-state index is 13.0. The first kappa shape index (κ1) is 14.3. The van der Waals surface area contributed by atoms with E-state index in [4.69, 9.17) is 4.74 Å². The van der Waals surface area contributed by atoms with Crippen molar-refractivity contribution in [2.75, 3.05) is 0 Å². The maximum atomic E-state index is 13.0. The van der Waals surface area contributed by atoms with Crippen LogP contribution in [0.3, 0.4) is 0 Å². The van der Waals surface area contributed by atoms with E-state index in [9.17, 15) is 4.79 Å². The van der Waals surface area contributed by atoms with Crippen LogP contribution >= 0.6 is 0 Å². The Morgan fingerprint density at radius 1 is 0.913 bits per heavy atom. The summed E-state index contributed by atoms with van der Waals surface area (Å²) < 4.78 is 6.21. The molecular formula is C21H20O2. The number of benzene rings is 2. The molecule has 0 bridgehead atoms. The van der Waals surface area contributed by atoms with E-state index in [1.165, 1.54) is 6.42 Å². The van der Waals surface area contributed by atoms with Crippen LogP contribution in [0.1, 0.15) is 35.2 Å². The van der Waals surface area contributed by atoms with Crippen molar-refractivity contribution in [1.82, 2.24) is 0 Å². The molecule has 1 fully saturated rings. The number of fused-ring (bicyclic) bond motifs is 1. The summed E-state index contributed by atoms with van der Waals surface area (Å²) in [5, 5.41) is 0. The summed E-state index contributed by atoms with van der Waals surface area (Å²) in [6, 6.07) is 19.6. The number of ketones is 1. The molecule has 0 spiro atoms. The zero-order valence-electron chi connectivity index (χ0n) is 13.0. The molecule has 2 aromatic rings. The van der Waals surface area contributed by atoms with Crippen molar-refractivity contribution in [3.8, 4) is 0 Å². The van der Waals surface area contributed by atoms with Crippen molar-refractivity contribution >= 4 is 11.5 Å². The SMILES string of the molecule is O=C(c1ccccc1)[C@@H]1OC(c2ccccc2)=C[C@H]2CCC[C@H]21. The monoisotopic (exact) mass is 304 g/mol. The molecule has 23 heavy (non-hydrogen) atoms. The predicted molar refractivity (Wildman–Crippen MR) is 90.9 cm³/mol. The van der Waals surface area contributed by atoms with Crippen LogP contribution in [0.15, 0.2) is 66.7 Å². The lowest BCUT2D eigenvalue weighted by molar-refractivity contribution is 0.0503. The number of hydrogen-bond acceptors (Lipinski definition) is 2. The van der Waals surface area contributed by atoms with Gasteiger partial charge in [-0.3, -0.25) is 4.79 Å². The van der Waals surface area contributed by atoms with E-state index in [1.54, 1.807) is 0 Å². The minimum Gasteiger partial charge on any atom is -0.482 e. The number of ether oxygens (including phenoxy) is 1. The van der Waals surface area contributed by atoms with Gasteiger partial charge in [-0.15, -0.1) is 0 Å². The van der Waals surface area contributed by atoms with Gasteiger partial charge in [0.15, 0.2) is 6.10 Å². The quantitative estimate of drug-likeness (QED) is 0.767. The molecule has 2 aliphatic rings. The summed E-state index contributed by atoms with van der Waals surface area (Å²) in [4.78, 5) is 13.0. The number of carbonyl (C=O) groups excluding carboxylic acids is 1. The number of allylic oxidation sites excluding steroid dienone is 1. The van der Waals surface area contributed by atoms with E-state index in [0.29, 0.717) is 11.8 Å². The molecule has 3 atom stereocenters. The molecule has 4 rings (SSSR count). The highest BCUT2D eigenvalue weighted by Crippen LogP contribution is 2.43. The Hall–Kier alpha value is -2.35. The third-order valence-corrected chi connectivity index (χ3v) is 5.01. The minimum atomic E-state index is -0.356. The molecule has 0 amide bonds. The molecule has 2 nitrogen and oxygen atoms in total. The van der Waals surface area contributed by atoms with Crippen LogP contribution in [-0.2, 0) is 4.74 Å². The third kappa shape index (κ3) is 2.70. The van der Waals surface area contributed by atoms with Crippen LogP contribution in [0, 0.1) is 11.8 Å². The molecule has 1 heterocycles. The van der Waals surface area contributed by atoms with Crippen molar-refractivity contribution in [2.24, 2.45) is 11.8 Å². The van der Waals surface area contributed by atoms with Crippen LogP contribution in [0.25, 0.3) is 5.76 Å². The van der Waals surface area contributed by atoms with Crippen molar-refractivity contribution in [3.63, 3.8) is 0 Å². The lowest BCUT2D eigenvalue weighted by Crippen LogP contribution is -2.36. The van der Waals surface area contributed by atoms with Gasteiger partial charge in [-0.1, -0.05) is 67.1 Å². The standard InChI is InChI=1S/C21H20O2/c22-20(16-10-5-2-6-11-16)21-18-13-7-12-17(18)14-19(23-21)15-8-3-1-4-9-15/h1-6,8-11,14,17-18,21H,7,12-13H2/t17-,18-,21-/m1/s1. The van der Waals surface area contributed by atoms with E-state index < -0.39 is 0 Å². The Balaban J connectivity index is 1.68. The van der Waals surface area contributed by atoms with Crippen molar-refractivity contribution in [3.05, 3.63) is 77.9 Å². The second kappa shape index (κ2) is 6.04. The molecule has 0 aromatic heterocycles. The van der Waals surface area contributed by atoms with Crippen molar-refractivity contribution in [1.29, 1.82) is 0 Å². The highest BCUT2D eigenvalue weighted by atomic mass is 16.5. The molecule has 0 unspecified atom stereocenters. The zero-order chi connectivity index (χ0) is 15.6.